The highest BCUT2D eigenvalue weighted by molar-refractivity contribution is 5.98. The molecule has 2 nitrogen and oxygen atoms in total. The number of carbonyl (C=O) groups is 1. The van der Waals surface area contributed by atoms with Crippen molar-refractivity contribution >= 4 is 5.78 Å². The maximum Gasteiger partial charge on any atom is 0.162 e. The van der Waals surface area contributed by atoms with Crippen LogP contribution in [0.4, 0.5) is 0 Å². The van der Waals surface area contributed by atoms with Gasteiger partial charge in [0.2, 0.25) is 0 Å². The number of ether oxygens (including phenoxy) is 1. The third-order valence-corrected chi connectivity index (χ3v) is 2.79. The fraction of sp³-hybridized carbons (Fsp3) is 0.750. The van der Waals surface area contributed by atoms with Gasteiger partial charge in [0.05, 0.1) is 7.11 Å². The molecule has 14 heavy (non-hydrogen) atoms. The van der Waals surface area contributed by atoms with Gasteiger partial charge < -0.3 is 4.74 Å². The summed E-state index contributed by atoms with van der Waals surface area (Å²) in [5, 5.41) is 0. The number of ketones is 1. The fourth-order valence-electron chi connectivity index (χ4n) is 2.21. The van der Waals surface area contributed by atoms with Crippen molar-refractivity contribution in [3.05, 3.63) is 11.3 Å². The molecule has 0 saturated carbocycles. The zero-order valence-electron chi connectivity index (χ0n) is 9.43. The Morgan fingerprint density at radius 2 is 2.07 bits per heavy atom. The second-order valence-electron chi connectivity index (χ2n) is 3.91. The first-order chi connectivity index (χ1) is 6.74. The van der Waals surface area contributed by atoms with E-state index in [0.29, 0.717) is 18.1 Å². The lowest BCUT2D eigenvalue weighted by molar-refractivity contribution is -0.115. The Balaban J connectivity index is 2.80. The van der Waals surface area contributed by atoms with Crippen LogP contribution >= 0.6 is 0 Å². The van der Waals surface area contributed by atoms with Crippen LogP contribution in [0.3, 0.4) is 0 Å². The van der Waals surface area contributed by atoms with E-state index >= 15 is 0 Å². The minimum Gasteiger partial charge on any atom is -0.500 e. The van der Waals surface area contributed by atoms with E-state index in [-0.39, 0.29) is 0 Å². The first kappa shape index (κ1) is 11.3. The van der Waals surface area contributed by atoms with Gasteiger partial charge in [0.1, 0.15) is 5.76 Å². The maximum atomic E-state index is 11.7. The molecule has 0 N–H and O–H groups in total. The summed E-state index contributed by atoms with van der Waals surface area (Å²) in [6.45, 7) is 4.25. The number of rotatable bonds is 5. The predicted octanol–water partition coefficient (Wildman–Crippen LogP) is 3.08. The highest BCUT2D eigenvalue weighted by Gasteiger charge is 2.31. The molecule has 0 spiro atoms. The van der Waals surface area contributed by atoms with Crippen LogP contribution in [0, 0.1) is 5.92 Å². The Kier molecular flexibility index (Phi) is 4.18. The molecule has 2 heteroatoms. The van der Waals surface area contributed by atoms with Crippen molar-refractivity contribution in [3.63, 3.8) is 0 Å². The van der Waals surface area contributed by atoms with Gasteiger partial charge in [-0.2, -0.15) is 0 Å². The van der Waals surface area contributed by atoms with Crippen molar-refractivity contribution in [3.8, 4) is 0 Å². The molecule has 1 rings (SSSR count). The molecule has 0 aromatic carbocycles. The minimum atomic E-state index is 0.308. The number of Topliss-reactive ketones (excluding diaryl/α,β-unsaturated/α-hetero) is 1. The van der Waals surface area contributed by atoms with Crippen molar-refractivity contribution in [2.24, 2.45) is 5.92 Å². The summed E-state index contributed by atoms with van der Waals surface area (Å²) in [5.41, 5.74) is 0.952. The summed E-state index contributed by atoms with van der Waals surface area (Å²) >= 11 is 0. The predicted molar refractivity (Wildman–Crippen MR) is 57.0 cm³/mol. The van der Waals surface area contributed by atoms with Gasteiger partial charge in [-0.1, -0.05) is 26.7 Å². The topological polar surface area (TPSA) is 26.3 Å². The smallest absolute Gasteiger partial charge is 0.162 e. The van der Waals surface area contributed by atoms with E-state index in [1.807, 2.05) is 0 Å². The molecule has 0 saturated heterocycles. The lowest BCUT2D eigenvalue weighted by Crippen LogP contribution is -2.01. The Bertz CT molecular complexity index is 241. The molecule has 0 radical (unpaired) electrons. The molecule has 0 aliphatic heterocycles. The van der Waals surface area contributed by atoms with Crippen molar-refractivity contribution in [1.82, 2.24) is 0 Å². The molecule has 80 valence electrons. The van der Waals surface area contributed by atoms with E-state index in [1.54, 1.807) is 7.11 Å². The Morgan fingerprint density at radius 3 is 2.57 bits per heavy atom. The summed E-state index contributed by atoms with van der Waals surface area (Å²) in [4.78, 5) is 11.7. The standard InChI is InChI=1S/C12H20O2/c1-4-6-9-8-11(13)10(7-5-2)12(9)14-3/h9H,4-8H2,1-3H3. The second kappa shape index (κ2) is 5.18. The highest BCUT2D eigenvalue weighted by atomic mass is 16.5. The molecule has 0 heterocycles. The van der Waals surface area contributed by atoms with Crippen molar-refractivity contribution < 1.29 is 9.53 Å². The molecule has 0 fully saturated rings. The summed E-state index contributed by atoms with van der Waals surface area (Å²) < 4.78 is 5.37. The van der Waals surface area contributed by atoms with E-state index in [0.717, 1.165) is 37.0 Å². The lowest BCUT2D eigenvalue weighted by Gasteiger charge is -2.12. The molecular weight excluding hydrogens is 176 g/mol. The molecule has 0 bridgehead atoms. The van der Waals surface area contributed by atoms with Crippen molar-refractivity contribution in [1.29, 1.82) is 0 Å². The van der Waals surface area contributed by atoms with Crippen molar-refractivity contribution in [2.75, 3.05) is 7.11 Å². The Morgan fingerprint density at radius 1 is 1.36 bits per heavy atom. The number of hydrogen-bond donors (Lipinski definition) is 0. The first-order valence-electron chi connectivity index (χ1n) is 5.54. The van der Waals surface area contributed by atoms with Crippen LogP contribution in [-0.4, -0.2) is 12.9 Å². The largest absolute Gasteiger partial charge is 0.500 e. The van der Waals surface area contributed by atoms with E-state index in [2.05, 4.69) is 13.8 Å². The monoisotopic (exact) mass is 196 g/mol. The Labute approximate surface area is 86.3 Å². The quantitative estimate of drug-likeness (QED) is 0.675. The van der Waals surface area contributed by atoms with Gasteiger partial charge in [0.15, 0.2) is 5.78 Å². The molecule has 0 aromatic heterocycles. The van der Waals surface area contributed by atoms with Gasteiger partial charge in [-0.05, 0) is 12.8 Å². The molecule has 1 atom stereocenters. The van der Waals surface area contributed by atoms with Crippen LogP contribution in [0.25, 0.3) is 0 Å². The van der Waals surface area contributed by atoms with Gasteiger partial charge in [-0.15, -0.1) is 0 Å². The zero-order chi connectivity index (χ0) is 10.6. The molecule has 1 aliphatic carbocycles. The Hall–Kier alpha value is -0.790. The van der Waals surface area contributed by atoms with E-state index in [9.17, 15) is 4.79 Å². The van der Waals surface area contributed by atoms with E-state index < -0.39 is 0 Å². The van der Waals surface area contributed by atoms with Crippen LogP contribution in [0.2, 0.25) is 0 Å². The van der Waals surface area contributed by atoms with Crippen LogP contribution in [0.1, 0.15) is 46.0 Å². The maximum absolute atomic E-state index is 11.7. The SMILES string of the molecule is CCCC1=C(OC)C(CCC)CC1=O. The number of methoxy groups -OCH3 is 1. The number of allylic oxidation sites excluding steroid dienone is 2. The average molecular weight is 196 g/mol. The molecule has 0 aromatic rings. The molecular formula is C12H20O2. The van der Waals surface area contributed by atoms with E-state index in [4.69, 9.17) is 4.74 Å². The first-order valence-corrected chi connectivity index (χ1v) is 5.54. The van der Waals surface area contributed by atoms with Crippen LogP contribution < -0.4 is 0 Å². The summed E-state index contributed by atoms with van der Waals surface area (Å²) in [7, 11) is 1.69. The number of carbonyl (C=O) groups excluding carboxylic acids is 1. The van der Waals surface area contributed by atoms with Crippen LogP contribution in [0.15, 0.2) is 11.3 Å². The van der Waals surface area contributed by atoms with Gasteiger partial charge >= 0.3 is 0 Å². The van der Waals surface area contributed by atoms with Crippen LogP contribution in [-0.2, 0) is 9.53 Å². The molecule has 0 amide bonds. The van der Waals surface area contributed by atoms with Gasteiger partial charge in [-0.3, -0.25) is 4.79 Å². The third-order valence-electron chi connectivity index (χ3n) is 2.79. The third kappa shape index (κ3) is 2.17. The zero-order valence-corrected chi connectivity index (χ0v) is 9.43. The van der Waals surface area contributed by atoms with Crippen LogP contribution in [0.5, 0.6) is 0 Å². The molecule has 1 aliphatic rings. The average Bonchev–Trinajstić information content (AvgIpc) is 2.44. The lowest BCUT2D eigenvalue weighted by atomic mass is 10.0. The summed E-state index contributed by atoms with van der Waals surface area (Å²) in [6.07, 6.45) is 4.76. The summed E-state index contributed by atoms with van der Waals surface area (Å²) in [5.74, 6) is 1.64. The van der Waals surface area contributed by atoms with E-state index in [1.165, 1.54) is 0 Å². The second-order valence-corrected chi connectivity index (χ2v) is 3.91. The van der Waals surface area contributed by atoms with Gasteiger partial charge in [0, 0.05) is 17.9 Å². The minimum absolute atomic E-state index is 0.308. The summed E-state index contributed by atoms with van der Waals surface area (Å²) in [6, 6.07) is 0. The fourth-order valence-corrected chi connectivity index (χ4v) is 2.21. The normalized spacial score (nSPS) is 21.9. The van der Waals surface area contributed by atoms with Gasteiger partial charge in [-0.25, -0.2) is 0 Å². The highest BCUT2D eigenvalue weighted by Crippen LogP contribution is 2.34. The number of hydrogen-bond acceptors (Lipinski definition) is 2. The van der Waals surface area contributed by atoms with Gasteiger partial charge in [0.25, 0.3) is 0 Å². The molecule has 1 unspecified atom stereocenters. The van der Waals surface area contributed by atoms with Crippen molar-refractivity contribution in [2.45, 2.75) is 46.0 Å².